The van der Waals surface area contributed by atoms with Gasteiger partial charge in [-0.05, 0) is 60.7 Å². The summed E-state index contributed by atoms with van der Waals surface area (Å²) in [6.45, 7) is 0. The van der Waals surface area contributed by atoms with Gasteiger partial charge in [-0.25, -0.2) is 24.9 Å². The highest BCUT2D eigenvalue weighted by molar-refractivity contribution is 6.39. The van der Waals surface area contributed by atoms with E-state index in [4.69, 9.17) is 48.1 Å². The molecule has 0 radical (unpaired) electrons. The molecule has 0 aliphatic carbocycles. The summed E-state index contributed by atoms with van der Waals surface area (Å²) in [5.74, 6) is 2.28. The van der Waals surface area contributed by atoms with Gasteiger partial charge in [-0.1, -0.05) is 29.3 Å². The van der Waals surface area contributed by atoms with Crippen molar-refractivity contribution in [2.45, 2.75) is 0 Å². The zero-order valence-corrected chi connectivity index (χ0v) is 28.7. The zero-order valence-electron chi connectivity index (χ0n) is 27.1. The Morgan fingerprint density at radius 2 is 0.800 bits per heavy atom. The molecule has 50 heavy (non-hydrogen) atoms. The van der Waals surface area contributed by atoms with E-state index in [0.717, 1.165) is 78.9 Å². The lowest BCUT2D eigenvalue weighted by molar-refractivity contribution is 0.922. The lowest BCUT2D eigenvalue weighted by atomic mass is 10.0. The first-order chi connectivity index (χ1) is 24.4. The summed E-state index contributed by atoms with van der Waals surface area (Å²) < 4.78 is 5.96. The molecule has 10 nitrogen and oxygen atoms in total. The molecular weight excluding hydrogens is 667 g/mol. The van der Waals surface area contributed by atoms with Gasteiger partial charge in [-0.3, -0.25) is 0 Å². The number of halogens is 2. The van der Waals surface area contributed by atoms with Gasteiger partial charge in [0, 0.05) is 75.0 Å². The lowest BCUT2D eigenvalue weighted by Crippen LogP contribution is -1.97. The predicted octanol–water partition coefficient (Wildman–Crippen LogP) is 8.83. The van der Waals surface area contributed by atoms with E-state index < -0.39 is 0 Å². The van der Waals surface area contributed by atoms with Crippen molar-refractivity contribution in [1.82, 2.24) is 48.6 Å². The first-order valence-electron chi connectivity index (χ1n) is 15.9. The second kappa shape index (κ2) is 11.6. The highest BCUT2D eigenvalue weighted by Crippen LogP contribution is 2.41. The molecule has 8 heterocycles. The number of nitrogens with zero attached hydrogens (tertiary/aromatic N) is 8. The molecule has 0 saturated heterocycles. The monoisotopic (exact) mass is 694 g/mol. The minimum atomic E-state index is 0.512. The SMILES string of the molecule is Cn1ccnc1-c1c2nc(c(-c3nccn3C)c3ccc([nH]3)c(-c3nccn3C)c3nc(c(-c4c(Cl)cccc4Cl)c4ccc1[nH]4)C=C3)C=C2. The normalized spacial score (nSPS) is 12.3. The van der Waals surface area contributed by atoms with Crippen LogP contribution in [0.2, 0.25) is 10.0 Å². The molecule has 12 heteroatoms. The number of H-pyrrole nitrogens is 2. The summed E-state index contributed by atoms with van der Waals surface area (Å²) in [5.41, 5.74) is 10.2. The van der Waals surface area contributed by atoms with Crippen LogP contribution in [0.4, 0.5) is 0 Å². The number of aromatic nitrogens is 10. The van der Waals surface area contributed by atoms with E-state index in [-0.39, 0.29) is 0 Å². The average molecular weight is 696 g/mol. The fraction of sp³-hybridized carbons (Fsp3) is 0.0789. The maximum Gasteiger partial charge on any atom is 0.143 e. The van der Waals surface area contributed by atoms with Crippen molar-refractivity contribution in [3.05, 3.63) is 112 Å². The molecule has 2 N–H and O–H groups in total. The Hall–Kier alpha value is -5.97. The number of hydrogen-bond donors (Lipinski definition) is 2. The van der Waals surface area contributed by atoms with Crippen LogP contribution in [0.15, 0.2) is 79.6 Å². The first-order valence-corrected chi connectivity index (χ1v) is 16.6. The van der Waals surface area contributed by atoms with Gasteiger partial charge in [-0.2, -0.15) is 0 Å². The molecule has 0 saturated carbocycles. The van der Waals surface area contributed by atoms with Crippen molar-refractivity contribution in [1.29, 1.82) is 0 Å². The van der Waals surface area contributed by atoms with Gasteiger partial charge in [0.25, 0.3) is 0 Å². The molecule has 0 spiro atoms. The van der Waals surface area contributed by atoms with Crippen LogP contribution in [0, 0.1) is 0 Å². The largest absolute Gasteiger partial charge is 0.354 e. The van der Waals surface area contributed by atoms with Crippen LogP contribution in [0.3, 0.4) is 0 Å². The standard InChI is InChI=1S/C38H28Cl2N10/c1-48-18-15-41-36(48)33-25-9-7-23(44-25)32(31-21(39)5-4-6-22(31)40)24-8-10-26(45-24)34(37-42-16-19-49(37)2)28-12-14-30(47-28)35(29-13-11-27(33)46-29)38-43-17-20-50(38)3/h4-20,44,47H,1-3H3. The van der Waals surface area contributed by atoms with E-state index in [1.54, 1.807) is 18.6 Å². The lowest BCUT2D eigenvalue weighted by Gasteiger charge is -2.09. The van der Waals surface area contributed by atoms with Crippen molar-refractivity contribution in [2.24, 2.45) is 21.1 Å². The fourth-order valence-electron chi connectivity index (χ4n) is 6.73. The highest BCUT2D eigenvalue weighted by Gasteiger charge is 2.23. The molecule has 2 aliphatic rings. The number of aromatic amines is 2. The summed E-state index contributed by atoms with van der Waals surface area (Å²) in [6, 6.07) is 13.7. The van der Waals surface area contributed by atoms with Crippen molar-refractivity contribution in [2.75, 3.05) is 0 Å². The van der Waals surface area contributed by atoms with Gasteiger partial charge in [0.05, 0.1) is 66.1 Å². The zero-order chi connectivity index (χ0) is 34.1. The van der Waals surface area contributed by atoms with Crippen LogP contribution in [0.5, 0.6) is 0 Å². The summed E-state index contributed by atoms with van der Waals surface area (Å²) in [7, 11) is 5.92. The van der Waals surface area contributed by atoms with E-state index in [1.165, 1.54) is 0 Å². The second-order valence-corrected chi connectivity index (χ2v) is 13.0. The maximum absolute atomic E-state index is 6.91. The van der Waals surface area contributed by atoms with E-state index in [2.05, 4.69) is 22.1 Å². The number of imidazole rings is 3. The molecule has 0 atom stereocenters. The maximum atomic E-state index is 6.91. The van der Waals surface area contributed by atoms with Crippen LogP contribution in [-0.4, -0.2) is 48.6 Å². The summed E-state index contributed by atoms with van der Waals surface area (Å²) in [4.78, 5) is 32.1. The van der Waals surface area contributed by atoms with E-state index in [1.807, 2.05) is 108 Å². The van der Waals surface area contributed by atoms with Crippen molar-refractivity contribution in [3.8, 4) is 45.3 Å². The molecule has 6 aromatic heterocycles. The number of nitrogens with one attached hydrogen (secondary N) is 2. The van der Waals surface area contributed by atoms with Gasteiger partial charge in [0.2, 0.25) is 0 Å². The van der Waals surface area contributed by atoms with Gasteiger partial charge < -0.3 is 23.7 Å². The molecule has 244 valence electrons. The summed E-state index contributed by atoms with van der Waals surface area (Å²) in [6.07, 6.45) is 19.2. The van der Waals surface area contributed by atoms with Crippen LogP contribution < -0.4 is 0 Å². The van der Waals surface area contributed by atoms with Crippen molar-refractivity contribution < 1.29 is 0 Å². The minimum absolute atomic E-state index is 0.512. The van der Waals surface area contributed by atoms with E-state index in [0.29, 0.717) is 21.3 Å². The minimum Gasteiger partial charge on any atom is -0.354 e. The molecule has 8 bridgehead atoms. The molecule has 0 unspecified atom stereocenters. The van der Waals surface area contributed by atoms with Gasteiger partial charge in [0.1, 0.15) is 17.5 Å². The fourth-order valence-corrected chi connectivity index (χ4v) is 7.32. The molecule has 2 aliphatic heterocycles. The Labute approximate surface area is 296 Å². The molecular formula is C38H28Cl2N10. The quantitative estimate of drug-likeness (QED) is 0.191. The summed E-state index contributed by atoms with van der Waals surface area (Å²) in [5, 5.41) is 1.02. The third-order valence-corrected chi connectivity index (χ3v) is 9.73. The van der Waals surface area contributed by atoms with Crippen LogP contribution in [0.25, 0.3) is 91.7 Å². The average Bonchev–Trinajstić information content (AvgIpc) is 3.95. The van der Waals surface area contributed by atoms with E-state index in [9.17, 15) is 0 Å². The van der Waals surface area contributed by atoms with Crippen molar-refractivity contribution >= 4 is 69.6 Å². The Balaban J connectivity index is 1.51. The number of fused-ring (bicyclic) bond motifs is 8. The summed E-state index contributed by atoms with van der Waals surface area (Å²) >= 11 is 13.8. The number of benzene rings is 1. The number of aryl methyl sites for hydroxylation is 3. The highest BCUT2D eigenvalue weighted by atomic mass is 35.5. The Bertz CT molecular complexity index is 2670. The Morgan fingerprint density at radius 3 is 1.14 bits per heavy atom. The number of rotatable bonds is 4. The predicted molar refractivity (Wildman–Crippen MR) is 201 cm³/mol. The third-order valence-electron chi connectivity index (χ3n) is 9.10. The van der Waals surface area contributed by atoms with Crippen molar-refractivity contribution in [3.63, 3.8) is 0 Å². The van der Waals surface area contributed by atoms with Gasteiger partial charge in [0.15, 0.2) is 0 Å². The van der Waals surface area contributed by atoms with Crippen LogP contribution in [-0.2, 0) is 21.1 Å². The van der Waals surface area contributed by atoms with Gasteiger partial charge >= 0.3 is 0 Å². The molecule has 9 rings (SSSR count). The Morgan fingerprint density at radius 1 is 0.460 bits per heavy atom. The second-order valence-electron chi connectivity index (χ2n) is 12.2. The molecule has 1 aromatic carbocycles. The topological polar surface area (TPSA) is 111 Å². The molecule has 7 aromatic rings. The number of hydrogen-bond acceptors (Lipinski definition) is 5. The smallest absolute Gasteiger partial charge is 0.143 e. The van der Waals surface area contributed by atoms with Gasteiger partial charge in [-0.15, -0.1) is 0 Å². The molecule has 0 amide bonds. The third kappa shape index (κ3) is 4.75. The van der Waals surface area contributed by atoms with E-state index >= 15 is 0 Å². The molecule has 0 fully saturated rings. The van der Waals surface area contributed by atoms with Crippen LogP contribution >= 0.6 is 23.2 Å². The Kier molecular flexibility index (Phi) is 6.97. The first kappa shape index (κ1) is 30.1. The van der Waals surface area contributed by atoms with Crippen LogP contribution in [0.1, 0.15) is 22.8 Å².